The predicted molar refractivity (Wildman–Crippen MR) is 300 cm³/mol. The first-order valence-electron chi connectivity index (χ1n) is 28.6. The Morgan fingerprint density at radius 2 is 1.51 bits per heavy atom. The first kappa shape index (κ1) is 63.0. The second kappa shape index (κ2) is 26.7. The van der Waals surface area contributed by atoms with E-state index in [2.05, 4.69) is 9.88 Å². The fourth-order valence-electron chi connectivity index (χ4n) is 13.2. The summed E-state index contributed by atoms with van der Waals surface area (Å²) >= 11 is 1.44. The molecule has 4 saturated heterocycles. The molecule has 444 valence electrons. The van der Waals surface area contributed by atoms with Crippen LogP contribution in [0.3, 0.4) is 0 Å². The molecule has 5 fully saturated rings. The van der Waals surface area contributed by atoms with Crippen LogP contribution in [0.5, 0.6) is 11.5 Å². The second-order valence-corrected chi connectivity index (χ2v) is 25.2. The fourth-order valence-corrected chi connectivity index (χ4v) is 14.7. The van der Waals surface area contributed by atoms with Crippen molar-refractivity contribution in [2.45, 2.75) is 210 Å². The molecule has 0 radical (unpaired) electrons. The first-order chi connectivity index (χ1) is 37.4. The fraction of sp³-hybridized carbons (Fsp3) is 0.767. The van der Waals surface area contributed by atoms with E-state index in [0.29, 0.717) is 36.8 Å². The number of hydrogen-bond acceptors (Lipinski definition) is 19. The molecule has 5 heterocycles. The number of thioether (sulfide) groups is 1. The molecule has 1 aromatic heterocycles. The number of fused-ring (bicyclic) bond motifs is 1. The van der Waals surface area contributed by atoms with Gasteiger partial charge in [0.15, 0.2) is 29.7 Å². The van der Waals surface area contributed by atoms with Gasteiger partial charge in [0.2, 0.25) is 0 Å². The predicted octanol–water partition coefficient (Wildman–Crippen LogP) is 8.06. The Kier molecular flexibility index (Phi) is 21.3. The Bertz CT molecular complexity index is 2330. The number of nitrogens with zero attached hydrogens (tertiary/aromatic N) is 3. The van der Waals surface area contributed by atoms with Crippen molar-refractivity contribution in [1.29, 1.82) is 0 Å². The zero-order chi connectivity index (χ0) is 57.7. The number of benzene rings is 1. The number of pyridine rings is 1. The number of hydrogen-bond donors (Lipinski definition) is 1. The second-order valence-electron chi connectivity index (χ2n) is 24.0. The van der Waals surface area contributed by atoms with Gasteiger partial charge >= 0.3 is 11.9 Å². The summed E-state index contributed by atoms with van der Waals surface area (Å²) in [6, 6.07) is 9.60. The molecule has 0 unspecified atom stereocenters. The van der Waals surface area contributed by atoms with E-state index in [0.717, 1.165) is 36.9 Å². The normalized spacial score (nSPS) is 38.9. The third-order valence-electron chi connectivity index (χ3n) is 18.2. The van der Waals surface area contributed by atoms with Crippen molar-refractivity contribution in [3.63, 3.8) is 0 Å². The number of aliphatic hydroxyl groups excluding tert-OH is 1. The molecular weight excluding hydrogens is 1030 g/mol. The number of rotatable bonds is 18. The van der Waals surface area contributed by atoms with Crippen molar-refractivity contribution in [2.24, 2.45) is 29.6 Å². The molecule has 1 N–H and O–H groups in total. The zero-order valence-corrected chi connectivity index (χ0v) is 50.7. The number of aliphatic hydroxyl groups is 1. The Morgan fingerprint density at radius 1 is 0.823 bits per heavy atom. The number of carbonyl (C=O) groups is 3. The van der Waals surface area contributed by atoms with Gasteiger partial charge in [0.05, 0.1) is 66.9 Å². The van der Waals surface area contributed by atoms with Gasteiger partial charge in [-0.1, -0.05) is 20.8 Å². The highest BCUT2D eigenvalue weighted by atomic mass is 32.2. The average Bonchev–Trinajstić information content (AvgIpc) is 4.19. The molecular formula is C60H93N3O15S. The van der Waals surface area contributed by atoms with Gasteiger partial charge in [0, 0.05) is 101 Å². The molecule has 1 saturated carbocycles. The molecule has 0 amide bonds. The van der Waals surface area contributed by atoms with Gasteiger partial charge in [-0.2, -0.15) is 0 Å². The lowest BCUT2D eigenvalue weighted by atomic mass is 9.70. The molecule has 18 nitrogen and oxygen atoms in total. The number of aromatic nitrogens is 1. The van der Waals surface area contributed by atoms with Gasteiger partial charge in [-0.25, -0.2) is 0 Å². The minimum absolute atomic E-state index is 0.103. The summed E-state index contributed by atoms with van der Waals surface area (Å²) in [5.74, 6) is -3.15. The highest BCUT2D eigenvalue weighted by Gasteiger charge is 2.61. The van der Waals surface area contributed by atoms with Crippen LogP contribution >= 0.6 is 11.8 Å². The van der Waals surface area contributed by atoms with Crippen LogP contribution in [0.1, 0.15) is 120 Å². The molecule has 7 rings (SSSR count). The molecule has 0 spiro atoms. The van der Waals surface area contributed by atoms with Crippen molar-refractivity contribution in [2.75, 3.05) is 59.7 Å². The van der Waals surface area contributed by atoms with E-state index >= 15 is 9.59 Å². The third-order valence-corrected chi connectivity index (χ3v) is 19.5. The van der Waals surface area contributed by atoms with E-state index in [1.54, 1.807) is 68.3 Å². The summed E-state index contributed by atoms with van der Waals surface area (Å²) in [7, 11) is 10.4. The van der Waals surface area contributed by atoms with Gasteiger partial charge in [-0.05, 0) is 124 Å². The molecule has 5 aliphatic rings. The molecule has 0 bridgehead atoms. The average molecular weight is 1130 g/mol. The van der Waals surface area contributed by atoms with Crippen LogP contribution < -0.4 is 14.4 Å². The number of cyclic esters (lactones) is 1. The summed E-state index contributed by atoms with van der Waals surface area (Å²) in [5, 5.41) is 10.4. The summed E-state index contributed by atoms with van der Waals surface area (Å²) < 4.78 is 71.2. The number of esters is 2. The topological polar surface area (TPSA) is 192 Å². The molecule has 19 heteroatoms. The summed E-state index contributed by atoms with van der Waals surface area (Å²) in [6.45, 7) is 19.5. The van der Waals surface area contributed by atoms with E-state index in [9.17, 15) is 9.90 Å². The molecule has 2 aromatic rings. The van der Waals surface area contributed by atoms with E-state index in [1.807, 2.05) is 83.9 Å². The molecule has 1 aromatic carbocycles. The van der Waals surface area contributed by atoms with Gasteiger partial charge in [-0.15, -0.1) is 11.8 Å². The Hall–Kier alpha value is -3.63. The van der Waals surface area contributed by atoms with Gasteiger partial charge in [-0.3, -0.25) is 24.3 Å². The minimum atomic E-state index is -1.42. The Morgan fingerprint density at radius 3 is 2.14 bits per heavy atom. The lowest BCUT2D eigenvalue weighted by Crippen LogP contribution is -2.62. The maximum atomic E-state index is 15.4. The van der Waals surface area contributed by atoms with Crippen LogP contribution in [0.15, 0.2) is 42.7 Å². The van der Waals surface area contributed by atoms with Crippen LogP contribution in [-0.2, 0) is 63.6 Å². The highest BCUT2D eigenvalue weighted by molar-refractivity contribution is 8.00. The van der Waals surface area contributed by atoms with Crippen molar-refractivity contribution < 1.29 is 71.6 Å². The van der Waals surface area contributed by atoms with Crippen molar-refractivity contribution in [3.05, 3.63) is 48.3 Å². The maximum Gasteiger partial charge on any atom is 0.320 e. The maximum absolute atomic E-state index is 15.4. The molecule has 19 atom stereocenters. The van der Waals surface area contributed by atoms with Gasteiger partial charge in [0.25, 0.3) is 0 Å². The van der Waals surface area contributed by atoms with Crippen molar-refractivity contribution in [1.82, 2.24) is 9.88 Å². The smallest absolute Gasteiger partial charge is 0.320 e. The third kappa shape index (κ3) is 13.9. The number of anilines is 1. The summed E-state index contributed by atoms with van der Waals surface area (Å²) in [5.41, 5.74) is -1.72. The summed E-state index contributed by atoms with van der Waals surface area (Å²) in [6.07, 6.45) is 2.07. The lowest BCUT2D eigenvalue weighted by Gasteiger charge is -2.50. The number of ketones is 1. The standard InChI is InChI=1S/C60H93N3O15S/c1-34-31-59(9,71-16)54(77-57-49(62(11)12)46(69-14)29-35(2)72-57)37(4)51(76-47-32-58(8,70-15)53(65)39(6)73-47)38(5)55(66)74-40(7)60(10)48(36(3)50(34)64)52(56(67)78-60)79-28-27-63(33-41-23-25-61-26-24-41)42-21-22-44(68-13)45(30-42)75-43-19-17-18-20-43/h21-26,30,34-40,43,46-49,51-54,57,65H,17-20,27-29,31-33H2,1-16H3/t34-,35-,36-,37+,38-,39+,40-,46-,47+,48+,49+,51+,52+,53+,54-,57+,58-,59-,60-/m1/s1. The zero-order valence-electron chi connectivity index (χ0n) is 49.8. The number of carbonyl (C=O) groups excluding carboxylic acids is 3. The number of Topliss-reactive ketones (excluding diaryl/α,β-unsaturated/α-hetero) is 1. The van der Waals surface area contributed by atoms with Crippen LogP contribution in [0.2, 0.25) is 0 Å². The van der Waals surface area contributed by atoms with Crippen LogP contribution in [0, 0.1) is 29.6 Å². The monoisotopic (exact) mass is 1130 g/mol. The largest absolute Gasteiger partial charge is 0.493 e. The van der Waals surface area contributed by atoms with E-state index in [1.165, 1.54) is 18.9 Å². The number of likely N-dealkylation sites (N-methyl/N-ethyl adjacent to an activating group) is 1. The number of methoxy groups -OCH3 is 4. The van der Waals surface area contributed by atoms with E-state index in [-0.39, 0.29) is 43.0 Å². The minimum Gasteiger partial charge on any atom is -0.493 e. The highest BCUT2D eigenvalue weighted by Crippen LogP contribution is 2.49. The quantitative estimate of drug-likeness (QED) is 0.141. The van der Waals surface area contributed by atoms with E-state index < -0.39 is 107 Å². The van der Waals surface area contributed by atoms with E-state index in [4.69, 9.17) is 52.1 Å². The van der Waals surface area contributed by atoms with Gasteiger partial charge in [0.1, 0.15) is 23.2 Å². The first-order valence-corrected chi connectivity index (χ1v) is 29.6. The van der Waals surface area contributed by atoms with Crippen molar-refractivity contribution >= 4 is 35.2 Å². The Balaban J connectivity index is 1.24. The Labute approximate surface area is 474 Å². The molecule has 4 aliphatic heterocycles. The molecule has 1 aliphatic carbocycles. The van der Waals surface area contributed by atoms with Crippen LogP contribution in [0.4, 0.5) is 5.69 Å². The van der Waals surface area contributed by atoms with Gasteiger partial charge < -0.3 is 62.1 Å². The SMILES string of the molecule is COc1ccc(N(CCS[C@@H]2C(=O)O[C@@]3(C)[C@H]2[C@@H](C)C(=O)[C@H](C)C[C@@](C)(OC)[C@H](O[C@@H]2O[C@H](C)C[C@@H](OC)[C@@H]2N(C)C)[C@@H](C)[C@H](O[C@H]2C[C@@](C)(OC)[C@@H](O)[C@H](C)O2)[C@@H](C)C(=O)O[C@@H]3C)Cc2ccncc2)cc1OC1CCCC1. The number of ether oxygens (including phenoxy) is 11. The molecule has 79 heavy (non-hydrogen) atoms. The van der Waals surface area contributed by atoms with Crippen LogP contribution in [0.25, 0.3) is 0 Å². The lowest BCUT2D eigenvalue weighted by molar-refractivity contribution is -0.316. The summed E-state index contributed by atoms with van der Waals surface area (Å²) in [4.78, 5) is 53.7. The van der Waals surface area contributed by atoms with Crippen molar-refractivity contribution in [3.8, 4) is 11.5 Å². The van der Waals surface area contributed by atoms with Crippen LogP contribution in [-0.4, -0.2) is 177 Å².